The zero-order valence-electron chi connectivity index (χ0n) is 8.02. The van der Waals surface area contributed by atoms with Crippen LogP contribution in [0.2, 0.25) is 0 Å². The molecule has 0 saturated heterocycles. The van der Waals surface area contributed by atoms with Gasteiger partial charge in [-0.1, -0.05) is 0 Å². The predicted molar refractivity (Wildman–Crippen MR) is 65.6 cm³/mol. The molecule has 0 unspecified atom stereocenters. The van der Waals surface area contributed by atoms with E-state index in [0.717, 1.165) is 9.77 Å². The van der Waals surface area contributed by atoms with E-state index in [-0.39, 0.29) is 11.8 Å². The third kappa shape index (κ3) is 2.57. The molecule has 1 heterocycles. The molecule has 0 radical (unpaired) electrons. The fourth-order valence-electron chi connectivity index (χ4n) is 1.05. The second kappa shape index (κ2) is 4.60. The summed E-state index contributed by atoms with van der Waals surface area (Å²) in [6.07, 6.45) is 0.977. The van der Waals surface area contributed by atoms with E-state index in [9.17, 15) is 4.39 Å². The summed E-state index contributed by atoms with van der Waals surface area (Å²) in [4.78, 5) is 7.16. The maximum atomic E-state index is 13.2. The molecule has 0 aliphatic carbocycles. The van der Waals surface area contributed by atoms with E-state index in [1.165, 1.54) is 0 Å². The minimum absolute atomic E-state index is 0.0260. The predicted octanol–water partition coefficient (Wildman–Crippen LogP) is 2.59. The number of nitrogens with two attached hydrogens (primary N) is 1. The zero-order valence-corrected chi connectivity index (χ0v) is 10.2. The number of halogens is 2. The van der Waals surface area contributed by atoms with Crippen LogP contribution < -0.4 is 10.5 Å². The number of nitrogen functional groups attached to an aromatic ring is 1. The molecule has 0 amide bonds. The van der Waals surface area contributed by atoms with Crippen LogP contribution in [0.15, 0.2) is 30.5 Å². The minimum atomic E-state index is -0.646. The summed E-state index contributed by atoms with van der Waals surface area (Å²) in [6, 6.07) is 7.13. The Bertz CT molecular complexity index is 504. The van der Waals surface area contributed by atoms with Crippen LogP contribution in [0, 0.1) is 9.39 Å². The summed E-state index contributed by atoms with van der Waals surface area (Å²) < 4.78 is 19.5. The molecule has 0 aliphatic heterocycles. The van der Waals surface area contributed by atoms with Crippen molar-refractivity contribution in [3.05, 3.63) is 39.8 Å². The summed E-state index contributed by atoms with van der Waals surface area (Å²) in [7, 11) is 0. The molecule has 1 aromatic carbocycles. The van der Waals surface area contributed by atoms with Gasteiger partial charge in [-0.3, -0.25) is 0 Å². The molecular weight excluding hydrogens is 324 g/mol. The van der Waals surface area contributed by atoms with E-state index in [4.69, 9.17) is 10.5 Å². The van der Waals surface area contributed by atoms with Crippen molar-refractivity contribution in [2.75, 3.05) is 5.73 Å². The molecule has 1 aromatic heterocycles. The van der Waals surface area contributed by atoms with Crippen molar-refractivity contribution in [1.29, 1.82) is 0 Å². The Balaban J connectivity index is 2.26. The normalized spacial score (nSPS) is 10.1. The standard InChI is InChI=1S/C10H7FIN3O/c11-8-5-14-10(13)15-9(8)16-7-3-1-6(12)2-4-7/h1-5H,(H2,13,14,15). The van der Waals surface area contributed by atoms with Crippen LogP contribution >= 0.6 is 22.6 Å². The lowest BCUT2D eigenvalue weighted by atomic mass is 10.3. The molecule has 0 fully saturated rings. The Hall–Kier alpha value is -1.44. The molecule has 2 aromatic rings. The SMILES string of the molecule is Nc1ncc(F)c(Oc2ccc(I)cc2)n1. The highest BCUT2D eigenvalue weighted by Crippen LogP contribution is 2.22. The van der Waals surface area contributed by atoms with Crippen molar-refractivity contribution in [1.82, 2.24) is 9.97 Å². The number of rotatable bonds is 2. The van der Waals surface area contributed by atoms with Gasteiger partial charge in [0.05, 0.1) is 6.20 Å². The Morgan fingerprint density at radius 3 is 2.62 bits per heavy atom. The number of hydrogen-bond acceptors (Lipinski definition) is 4. The van der Waals surface area contributed by atoms with Gasteiger partial charge in [-0.25, -0.2) is 4.98 Å². The monoisotopic (exact) mass is 331 g/mol. The maximum absolute atomic E-state index is 13.2. The highest BCUT2D eigenvalue weighted by Gasteiger charge is 2.07. The van der Waals surface area contributed by atoms with Gasteiger partial charge in [-0.2, -0.15) is 9.37 Å². The third-order valence-corrected chi connectivity index (χ3v) is 2.48. The van der Waals surface area contributed by atoms with Gasteiger partial charge in [0.2, 0.25) is 11.8 Å². The molecular formula is C10H7FIN3O. The molecule has 0 bridgehead atoms. The Morgan fingerprint density at radius 2 is 1.94 bits per heavy atom. The molecule has 2 rings (SSSR count). The quantitative estimate of drug-likeness (QED) is 0.860. The summed E-state index contributed by atoms with van der Waals surface area (Å²) in [6.45, 7) is 0. The highest BCUT2D eigenvalue weighted by molar-refractivity contribution is 14.1. The van der Waals surface area contributed by atoms with Gasteiger partial charge in [0.1, 0.15) is 5.75 Å². The number of hydrogen-bond donors (Lipinski definition) is 1. The van der Waals surface area contributed by atoms with E-state index < -0.39 is 5.82 Å². The molecule has 0 aliphatic rings. The number of nitrogens with zero attached hydrogens (tertiary/aromatic N) is 2. The highest BCUT2D eigenvalue weighted by atomic mass is 127. The van der Waals surface area contributed by atoms with Crippen molar-refractivity contribution in [2.24, 2.45) is 0 Å². The van der Waals surface area contributed by atoms with Crippen LogP contribution in [0.25, 0.3) is 0 Å². The van der Waals surface area contributed by atoms with Gasteiger partial charge in [-0.15, -0.1) is 0 Å². The van der Waals surface area contributed by atoms with Crippen molar-refractivity contribution >= 4 is 28.5 Å². The first-order chi connectivity index (χ1) is 7.65. The van der Waals surface area contributed by atoms with E-state index >= 15 is 0 Å². The topological polar surface area (TPSA) is 61.0 Å². The lowest BCUT2D eigenvalue weighted by Gasteiger charge is -2.05. The van der Waals surface area contributed by atoms with Crippen LogP contribution in [0.4, 0.5) is 10.3 Å². The summed E-state index contributed by atoms with van der Waals surface area (Å²) >= 11 is 2.16. The van der Waals surface area contributed by atoms with Crippen LogP contribution in [-0.2, 0) is 0 Å². The van der Waals surface area contributed by atoms with Gasteiger partial charge in [-0.05, 0) is 46.9 Å². The fourth-order valence-corrected chi connectivity index (χ4v) is 1.41. The maximum Gasteiger partial charge on any atom is 0.260 e. The average molecular weight is 331 g/mol. The second-order valence-corrected chi connectivity index (χ2v) is 4.18. The number of ether oxygens (including phenoxy) is 1. The average Bonchev–Trinajstić information content (AvgIpc) is 2.27. The van der Waals surface area contributed by atoms with Crippen molar-refractivity contribution in [3.63, 3.8) is 0 Å². The zero-order chi connectivity index (χ0) is 11.5. The molecule has 0 atom stereocenters. The molecule has 0 spiro atoms. The van der Waals surface area contributed by atoms with Gasteiger partial charge >= 0.3 is 0 Å². The fraction of sp³-hybridized carbons (Fsp3) is 0. The van der Waals surface area contributed by atoms with Crippen LogP contribution in [-0.4, -0.2) is 9.97 Å². The van der Waals surface area contributed by atoms with E-state index in [1.54, 1.807) is 12.1 Å². The van der Waals surface area contributed by atoms with Crippen LogP contribution in [0.3, 0.4) is 0 Å². The van der Waals surface area contributed by atoms with E-state index in [0.29, 0.717) is 5.75 Å². The summed E-state index contributed by atoms with van der Waals surface area (Å²) in [5.74, 6) is -0.346. The molecule has 4 nitrogen and oxygen atoms in total. The molecule has 16 heavy (non-hydrogen) atoms. The number of benzene rings is 1. The lowest BCUT2D eigenvalue weighted by molar-refractivity contribution is 0.421. The van der Waals surface area contributed by atoms with Crippen LogP contribution in [0.1, 0.15) is 0 Å². The third-order valence-electron chi connectivity index (χ3n) is 1.76. The Kier molecular flexibility index (Phi) is 3.18. The van der Waals surface area contributed by atoms with Gasteiger partial charge in [0.25, 0.3) is 5.88 Å². The number of anilines is 1. The first-order valence-corrected chi connectivity index (χ1v) is 5.44. The van der Waals surface area contributed by atoms with Crippen LogP contribution in [0.5, 0.6) is 11.6 Å². The Labute approximate surface area is 105 Å². The summed E-state index contributed by atoms with van der Waals surface area (Å²) in [5.41, 5.74) is 5.34. The second-order valence-electron chi connectivity index (χ2n) is 2.94. The van der Waals surface area contributed by atoms with Crippen molar-refractivity contribution in [2.45, 2.75) is 0 Å². The minimum Gasteiger partial charge on any atom is -0.436 e. The van der Waals surface area contributed by atoms with E-state index in [1.807, 2.05) is 12.1 Å². The Morgan fingerprint density at radius 1 is 1.25 bits per heavy atom. The van der Waals surface area contributed by atoms with Gasteiger partial charge < -0.3 is 10.5 Å². The smallest absolute Gasteiger partial charge is 0.260 e. The first-order valence-electron chi connectivity index (χ1n) is 4.36. The molecule has 82 valence electrons. The molecule has 6 heteroatoms. The van der Waals surface area contributed by atoms with Gasteiger partial charge in [0.15, 0.2) is 0 Å². The van der Waals surface area contributed by atoms with Crippen molar-refractivity contribution in [3.8, 4) is 11.6 Å². The van der Waals surface area contributed by atoms with E-state index in [2.05, 4.69) is 32.6 Å². The summed E-state index contributed by atoms with van der Waals surface area (Å²) in [5, 5.41) is 0. The largest absolute Gasteiger partial charge is 0.436 e. The molecule has 0 saturated carbocycles. The lowest BCUT2D eigenvalue weighted by Crippen LogP contribution is -1.99. The molecule has 2 N–H and O–H groups in total. The van der Waals surface area contributed by atoms with Gasteiger partial charge in [0, 0.05) is 3.57 Å². The first kappa shape index (κ1) is 11.1. The number of aromatic nitrogens is 2. The van der Waals surface area contributed by atoms with Crippen molar-refractivity contribution < 1.29 is 9.13 Å².